The van der Waals surface area contributed by atoms with E-state index in [1.165, 1.54) is 11.3 Å². The van der Waals surface area contributed by atoms with Gasteiger partial charge >= 0.3 is 0 Å². The number of hydrogen-bond acceptors (Lipinski definition) is 3. The number of rotatable bonds is 8. The third-order valence-corrected chi connectivity index (χ3v) is 3.57. The van der Waals surface area contributed by atoms with Gasteiger partial charge in [0.25, 0.3) is 0 Å². The molecule has 0 radical (unpaired) electrons. The van der Waals surface area contributed by atoms with Crippen molar-refractivity contribution in [1.82, 2.24) is 0 Å². The van der Waals surface area contributed by atoms with Gasteiger partial charge in [0.05, 0.1) is 12.7 Å². The first-order valence-electron chi connectivity index (χ1n) is 7.30. The fraction of sp³-hybridized carbons (Fsp3) is 0.625. The van der Waals surface area contributed by atoms with E-state index in [0.29, 0.717) is 0 Å². The lowest BCUT2D eigenvalue weighted by Crippen LogP contribution is -2.27. The maximum atomic E-state index is 6.11. The summed E-state index contributed by atoms with van der Waals surface area (Å²) < 4.78 is 5.61. The number of ether oxygens (including phenoxy) is 1. The second-order valence-electron chi connectivity index (χ2n) is 5.49. The lowest BCUT2D eigenvalue weighted by atomic mass is 10.0. The van der Waals surface area contributed by atoms with E-state index in [1.54, 1.807) is 0 Å². The van der Waals surface area contributed by atoms with Crippen molar-refractivity contribution in [3.63, 3.8) is 0 Å². The summed E-state index contributed by atoms with van der Waals surface area (Å²) >= 11 is 6.11. The Morgan fingerprint density at radius 2 is 2.05 bits per heavy atom. The van der Waals surface area contributed by atoms with Crippen molar-refractivity contribution in [1.29, 1.82) is 0 Å². The standard InChI is InChI=1S/C16H27ClN2O/c1-5-15(18)11-13-10-14(17)6-7-16(13)19(4)8-9-20-12(2)3/h6-7,10,12,15H,5,8-9,11,18H2,1-4H3. The fourth-order valence-electron chi connectivity index (χ4n) is 2.06. The molecule has 0 aliphatic carbocycles. The van der Waals surface area contributed by atoms with E-state index in [-0.39, 0.29) is 12.1 Å². The highest BCUT2D eigenvalue weighted by atomic mass is 35.5. The Morgan fingerprint density at radius 1 is 1.35 bits per heavy atom. The van der Waals surface area contributed by atoms with Crippen LogP contribution in [0.15, 0.2) is 18.2 Å². The molecule has 0 amide bonds. The van der Waals surface area contributed by atoms with Crippen LogP contribution in [0, 0.1) is 0 Å². The Labute approximate surface area is 128 Å². The summed E-state index contributed by atoms with van der Waals surface area (Å²) in [6.45, 7) is 7.78. The van der Waals surface area contributed by atoms with Crippen LogP contribution in [0.2, 0.25) is 5.02 Å². The minimum atomic E-state index is 0.174. The van der Waals surface area contributed by atoms with Crippen molar-refractivity contribution in [2.45, 2.75) is 45.8 Å². The van der Waals surface area contributed by atoms with E-state index in [9.17, 15) is 0 Å². The van der Waals surface area contributed by atoms with Crippen LogP contribution in [0.5, 0.6) is 0 Å². The predicted molar refractivity (Wildman–Crippen MR) is 87.8 cm³/mol. The van der Waals surface area contributed by atoms with Crippen LogP contribution in [-0.4, -0.2) is 32.3 Å². The lowest BCUT2D eigenvalue weighted by Gasteiger charge is -2.24. The van der Waals surface area contributed by atoms with Crippen molar-refractivity contribution in [2.24, 2.45) is 5.73 Å². The molecule has 114 valence electrons. The molecule has 0 bridgehead atoms. The van der Waals surface area contributed by atoms with E-state index in [2.05, 4.69) is 24.9 Å². The number of halogens is 1. The molecule has 1 aromatic carbocycles. The van der Waals surface area contributed by atoms with Gasteiger partial charge in [0.15, 0.2) is 0 Å². The summed E-state index contributed by atoms with van der Waals surface area (Å²) in [5, 5.41) is 0.763. The number of nitrogens with two attached hydrogens (primary N) is 1. The lowest BCUT2D eigenvalue weighted by molar-refractivity contribution is 0.0846. The first kappa shape index (κ1) is 17.3. The molecule has 0 saturated carbocycles. The highest BCUT2D eigenvalue weighted by Gasteiger charge is 2.11. The van der Waals surface area contributed by atoms with Gasteiger partial charge in [0.2, 0.25) is 0 Å². The van der Waals surface area contributed by atoms with E-state index in [4.69, 9.17) is 22.1 Å². The molecule has 0 aromatic heterocycles. The van der Waals surface area contributed by atoms with Crippen LogP contribution >= 0.6 is 11.6 Å². The molecule has 1 aromatic rings. The number of anilines is 1. The molecule has 4 heteroatoms. The van der Waals surface area contributed by atoms with Gasteiger partial charge in [-0.15, -0.1) is 0 Å². The maximum Gasteiger partial charge on any atom is 0.0644 e. The highest BCUT2D eigenvalue weighted by Crippen LogP contribution is 2.25. The first-order valence-corrected chi connectivity index (χ1v) is 7.68. The second kappa shape index (κ2) is 8.50. The molecule has 1 unspecified atom stereocenters. The minimum absolute atomic E-state index is 0.174. The van der Waals surface area contributed by atoms with Crippen LogP contribution in [-0.2, 0) is 11.2 Å². The molecule has 3 nitrogen and oxygen atoms in total. The number of hydrogen-bond donors (Lipinski definition) is 1. The van der Waals surface area contributed by atoms with Crippen LogP contribution < -0.4 is 10.6 Å². The Bertz CT molecular complexity index is 409. The Hall–Kier alpha value is -0.770. The summed E-state index contributed by atoms with van der Waals surface area (Å²) in [7, 11) is 2.08. The van der Waals surface area contributed by atoms with Gasteiger partial charge in [0, 0.05) is 30.3 Å². The molecule has 0 aliphatic heterocycles. The van der Waals surface area contributed by atoms with E-state index in [0.717, 1.165) is 31.0 Å². The molecule has 0 spiro atoms. The van der Waals surface area contributed by atoms with Crippen molar-refractivity contribution >= 4 is 17.3 Å². The minimum Gasteiger partial charge on any atom is -0.377 e. The second-order valence-corrected chi connectivity index (χ2v) is 5.92. The number of likely N-dealkylation sites (N-methyl/N-ethyl adjacent to an activating group) is 1. The monoisotopic (exact) mass is 298 g/mol. The van der Waals surface area contributed by atoms with Gasteiger partial charge in [-0.3, -0.25) is 0 Å². The largest absolute Gasteiger partial charge is 0.377 e. The van der Waals surface area contributed by atoms with Gasteiger partial charge in [-0.2, -0.15) is 0 Å². The molecule has 20 heavy (non-hydrogen) atoms. The zero-order valence-electron chi connectivity index (χ0n) is 13.0. The van der Waals surface area contributed by atoms with Crippen molar-refractivity contribution in [2.75, 3.05) is 25.1 Å². The smallest absolute Gasteiger partial charge is 0.0644 e. The third kappa shape index (κ3) is 5.70. The Morgan fingerprint density at radius 3 is 2.65 bits per heavy atom. The summed E-state index contributed by atoms with van der Waals surface area (Å²) in [6, 6.07) is 6.19. The summed E-state index contributed by atoms with van der Waals surface area (Å²) in [5.41, 5.74) is 8.47. The zero-order chi connectivity index (χ0) is 15.1. The normalized spacial score (nSPS) is 12.8. The SMILES string of the molecule is CCC(N)Cc1cc(Cl)ccc1N(C)CCOC(C)C. The van der Waals surface area contributed by atoms with Crippen molar-refractivity contribution < 1.29 is 4.74 Å². The number of benzene rings is 1. The van der Waals surface area contributed by atoms with Crippen molar-refractivity contribution in [3.8, 4) is 0 Å². The molecule has 0 saturated heterocycles. The molecule has 1 atom stereocenters. The van der Waals surface area contributed by atoms with Crippen molar-refractivity contribution in [3.05, 3.63) is 28.8 Å². The predicted octanol–water partition coefficient (Wildman–Crippen LogP) is 3.48. The van der Waals surface area contributed by atoms with Gasteiger partial charge < -0.3 is 15.4 Å². The first-order chi connectivity index (χ1) is 9.43. The average Bonchev–Trinajstić information content (AvgIpc) is 2.38. The zero-order valence-corrected chi connectivity index (χ0v) is 13.8. The van der Waals surface area contributed by atoms with Crippen LogP contribution in [0.4, 0.5) is 5.69 Å². The third-order valence-electron chi connectivity index (χ3n) is 3.34. The number of nitrogens with zero attached hydrogens (tertiary/aromatic N) is 1. The molecule has 2 N–H and O–H groups in total. The topological polar surface area (TPSA) is 38.5 Å². The van der Waals surface area contributed by atoms with Crippen LogP contribution in [0.25, 0.3) is 0 Å². The fourth-order valence-corrected chi connectivity index (χ4v) is 2.26. The quantitative estimate of drug-likeness (QED) is 0.798. The average molecular weight is 299 g/mol. The summed E-state index contributed by atoms with van der Waals surface area (Å²) in [6.07, 6.45) is 2.08. The molecule has 0 fully saturated rings. The summed E-state index contributed by atoms with van der Waals surface area (Å²) in [5.74, 6) is 0. The van der Waals surface area contributed by atoms with Crippen LogP contribution in [0.3, 0.4) is 0 Å². The van der Waals surface area contributed by atoms with Crippen LogP contribution in [0.1, 0.15) is 32.8 Å². The van der Waals surface area contributed by atoms with Gasteiger partial charge in [-0.25, -0.2) is 0 Å². The van der Waals surface area contributed by atoms with E-state index in [1.807, 2.05) is 26.0 Å². The van der Waals surface area contributed by atoms with Gasteiger partial charge in [-0.05, 0) is 50.5 Å². The van der Waals surface area contributed by atoms with E-state index < -0.39 is 0 Å². The van der Waals surface area contributed by atoms with Gasteiger partial charge in [0.1, 0.15) is 0 Å². The van der Waals surface area contributed by atoms with E-state index >= 15 is 0 Å². The molecular formula is C16H27ClN2O. The Balaban J connectivity index is 2.76. The molecule has 0 heterocycles. The maximum absolute atomic E-state index is 6.11. The highest BCUT2D eigenvalue weighted by molar-refractivity contribution is 6.30. The molecule has 0 aliphatic rings. The summed E-state index contributed by atoms with van der Waals surface area (Å²) in [4.78, 5) is 2.20. The Kier molecular flexibility index (Phi) is 7.35. The molecule has 1 rings (SSSR count). The molecular weight excluding hydrogens is 272 g/mol. The van der Waals surface area contributed by atoms with Gasteiger partial charge in [-0.1, -0.05) is 18.5 Å².